The molecule has 1 rings (SSSR count). The third-order valence-electron chi connectivity index (χ3n) is 2.75. The SMILES string of the molecule is CCCNC(=O)C(C)(C)C(=O)Nc1cccc(Br)c1. The van der Waals surface area contributed by atoms with Gasteiger partial charge in [-0.05, 0) is 38.5 Å². The number of benzene rings is 1. The van der Waals surface area contributed by atoms with Crippen LogP contribution in [0.5, 0.6) is 0 Å². The van der Waals surface area contributed by atoms with Gasteiger partial charge >= 0.3 is 0 Å². The maximum atomic E-state index is 12.2. The van der Waals surface area contributed by atoms with Gasteiger partial charge in [0.15, 0.2) is 0 Å². The minimum absolute atomic E-state index is 0.262. The fourth-order valence-corrected chi connectivity index (χ4v) is 1.82. The first-order valence-corrected chi connectivity index (χ1v) is 7.02. The van der Waals surface area contributed by atoms with Crippen LogP contribution >= 0.6 is 15.9 Å². The zero-order valence-electron chi connectivity index (χ0n) is 11.4. The van der Waals surface area contributed by atoms with E-state index in [0.717, 1.165) is 10.9 Å². The number of nitrogens with one attached hydrogen (secondary N) is 2. The number of carbonyl (C=O) groups is 2. The van der Waals surface area contributed by atoms with E-state index in [1.165, 1.54) is 0 Å². The van der Waals surface area contributed by atoms with E-state index in [4.69, 9.17) is 0 Å². The predicted octanol–water partition coefficient (Wildman–Crippen LogP) is 2.94. The van der Waals surface area contributed by atoms with Crippen LogP contribution in [-0.4, -0.2) is 18.4 Å². The molecule has 0 saturated heterocycles. The van der Waals surface area contributed by atoms with E-state index < -0.39 is 5.41 Å². The van der Waals surface area contributed by atoms with Crippen molar-refractivity contribution in [2.45, 2.75) is 27.2 Å². The molecule has 0 aliphatic carbocycles. The molecule has 0 saturated carbocycles. The van der Waals surface area contributed by atoms with E-state index in [1.54, 1.807) is 26.0 Å². The molecule has 104 valence electrons. The number of rotatable bonds is 5. The van der Waals surface area contributed by atoms with Crippen LogP contribution in [0, 0.1) is 5.41 Å². The molecule has 4 nitrogen and oxygen atoms in total. The molecule has 0 spiro atoms. The van der Waals surface area contributed by atoms with Gasteiger partial charge < -0.3 is 10.6 Å². The fourth-order valence-electron chi connectivity index (χ4n) is 1.42. The van der Waals surface area contributed by atoms with Crippen LogP contribution in [-0.2, 0) is 9.59 Å². The monoisotopic (exact) mass is 326 g/mol. The van der Waals surface area contributed by atoms with Gasteiger partial charge in [-0.25, -0.2) is 0 Å². The Hall–Kier alpha value is -1.36. The number of hydrogen-bond acceptors (Lipinski definition) is 2. The van der Waals surface area contributed by atoms with Crippen LogP contribution in [0.1, 0.15) is 27.2 Å². The predicted molar refractivity (Wildman–Crippen MR) is 79.9 cm³/mol. The summed E-state index contributed by atoms with van der Waals surface area (Å²) in [6.07, 6.45) is 0.842. The van der Waals surface area contributed by atoms with Crippen molar-refractivity contribution < 1.29 is 9.59 Å². The molecule has 0 aliphatic rings. The normalized spacial score (nSPS) is 10.9. The molecule has 5 heteroatoms. The van der Waals surface area contributed by atoms with Gasteiger partial charge in [-0.15, -0.1) is 0 Å². The average molecular weight is 327 g/mol. The summed E-state index contributed by atoms with van der Waals surface area (Å²) < 4.78 is 0.874. The minimum atomic E-state index is -1.10. The van der Waals surface area contributed by atoms with E-state index in [-0.39, 0.29) is 11.8 Å². The molecule has 2 N–H and O–H groups in total. The van der Waals surface area contributed by atoms with Crippen LogP contribution in [0.15, 0.2) is 28.7 Å². The molecular weight excluding hydrogens is 308 g/mol. The number of anilines is 1. The Bertz CT molecular complexity index is 472. The molecule has 1 aromatic carbocycles. The highest BCUT2D eigenvalue weighted by Crippen LogP contribution is 2.21. The lowest BCUT2D eigenvalue weighted by atomic mass is 9.91. The van der Waals surface area contributed by atoms with Crippen molar-refractivity contribution in [1.82, 2.24) is 5.32 Å². The quantitative estimate of drug-likeness (QED) is 0.817. The van der Waals surface area contributed by atoms with Gasteiger partial charge in [0.05, 0.1) is 0 Å². The molecule has 0 atom stereocenters. The fraction of sp³-hybridized carbons (Fsp3) is 0.429. The largest absolute Gasteiger partial charge is 0.355 e. The smallest absolute Gasteiger partial charge is 0.239 e. The van der Waals surface area contributed by atoms with Gasteiger partial charge in [-0.3, -0.25) is 9.59 Å². The van der Waals surface area contributed by atoms with Crippen molar-refractivity contribution in [2.75, 3.05) is 11.9 Å². The molecule has 0 aliphatic heterocycles. The van der Waals surface area contributed by atoms with Crippen LogP contribution in [0.3, 0.4) is 0 Å². The first kappa shape index (κ1) is 15.7. The highest BCUT2D eigenvalue weighted by Gasteiger charge is 2.35. The summed E-state index contributed by atoms with van der Waals surface area (Å²) in [5, 5.41) is 5.49. The lowest BCUT2D eigenvalue weighted by molar-refractivity contribution is -0.138. The summed E-state index contributed by atoms with van der Waals surface area (Å²) in [6, 6.07) is 7.26. The standard InChI is InChI=1S/C14H19BrN2O2/c1-4-8-16-12(18)14(2,3)13(19)17-11-7-5-6-10(15)9-11/h5-7,9H,4,8H2,1-3H3,(H,16,18)(H,17,19). The second-order valence-corrected chi connectivity index (χ2v) is 5.76. The lowest BCUT2D eigenvalue weighted by Gasteiger charge is -2.22. The summed E-state index contributed by atoms with van der Waals surface area (Å²) in [5.41, 5.74) is -0.437. The Morgan fingerprint density at radius 2 is 1.95 bits per heavy atom. The third-order valence-corrected chi connectivity index (χ3v) is 3.25. The van der Waals surface area contributed by atoms with E-state index >= 15 is 0 Å². The van der Waals surface area contributed by atoms with Gasteiger partial charge in [0, 0.05) is 16.7 Å². The second kappa shape index (κ2) is 6.70. The molecule has 19 heavy (non-hydrogen) atoms. The number of amides is 2. The Morgan fingerprint density at radius 1 is 1.26 bits per heavy atom. The Balaban J connectivity index is 2.73. The summed E-state index contributed by atoms with van der Waals surface area (Å²) >= 11 is 3.34. The van der Waals surface area contributed by atoms with Crippen molar-refractivity contribution in [3.05, 3.63) is 28.7 Å². The van der Waals surface area contributed by atoms with Crippen LogP contribution in [0.2, 0.25) is 0 Å². The summed E-state index contributed by atoms with van der Waals surface area (Å²) in [7, 11) is 0. The molecule has 2 amide bonds. The minimum Gasteiger partial charge on any atom is -0.355 e. The van der Waals surface area contributed by atoms with Gasteiger partial charge in [0.25, 0.3) is 0 Å². The topological polar surface area (TPSA) is 58.2 Å². The van der Waals surface area contributed by atoms with Crippen molar-refractivity contribution in [3.63, 3.8) is 0 Å². The van der Waals surface area contributed by atoms with E-state index in [2.05, 4.69) is 26.6 Å². The van der Waals surface area contributed by atoms with Gasteiger partial charge in [-0.1, -0.05) is 28.9 Å². The van der Waals surface area contributed by atoms with Gasteiger partial charge in [0.1, 0.15) is 5.41 Å². The number of hydrogen-bond donors (Lipinski definition) is 2. The van der Waals surface area contributed by atoms with Crippen LogP contribution < -0.4 is 10.6 Å². The molecular formula is C14H19BrN2O2. The van der Waals surface area contributed by atoms with Crippen molar-refractivity contribution in [1.29, 1.82) is 0 Å². The van der Waals surface area contributed by atoms with Crippen molar-refractivity contribution in [3.8, 4) is 0 Å². The van der Waals surface area contributed by atoms with E-state index in [9.17, 15) is 9.59 Å². The van der Waals surface area contributed by atoms with Crippen molar-refractivity contribution in [2.24, 2.45) is 5.41 Å². The molecule has 0 radical (unpaired) electrons. The Kier molecular flexibility index (Phi) is 5.54. The maximum absolute atomic E-state index is 12.2. The first-order valence-electron chi connectivity index (χ1n) is 6.23. The molecule has 1 aromatic rings. The highest BCUT2D eigenvalue weighted by molar-refractivity contribution is 9.10. The maximum Gasteiger partial charge on any atom is 0.239 e. The molecule has 0 aromatic heterocycles. The zero-order valence-corrected chi connectivity index (χ0v) is 13.0. The molecule has 0 bridgehead atoms. The second-order valence-electron chi connectivity index (χ2n) is 4.85. The van der Waals surface area contributed by atoms with E-state index in [1.807, 2.05) is 19.1 Å². The Labute approximate surface area is 122 Å². The van der Waals surface area contributed by atoms with Gasteiger partial charge in [-0.2, -0.15) is 0 Å². The summed E-state index contributed by atoms with van der Waals surface area (Å²) in [5.74, 6) is -0.582. The number of halogens is 1. The molecule has 0 fully saturated rings. The van der Waals surface area contributed by atoms with Crippen molar-refractivity contribution >= 4 is 33.4 Å². The first-order chi connectivity index (χ1) is 8.87. The molecule has 0 unspecified atom stereocenters. The third kappa shape index (κ3) is 4.35. The van der Waals surface area contributed by atoms with Crippen LogP contribution in [0.4, 0.5) is 5.69 Å². The van der Waals surface area contributed by atoms with E-state index in [0.29, 0.717) is 12.2 Å². The van der Waals surface area contributed by atoms with Crippen LogP contribution in [0.25, 0.3) is 0 Å². The summed E-state index contributed by atoms with van der Waals surface area (Å²) in [4.78, 5) is 24.1. The highest BCUT2D eigenvalue weighted by atomic mass is 79.9. The average Bonchev–Trinajstić information content (AvgIpc) is 2.35. The molecule has 0 heterocycles. The lowest BCUT2D eigenvalue weighted by Crippen LogP contribution is -2.45. The number of carbonyl (C=O) groups excluding carboxylic acids is 2. The Morgan fingerprint density at radius 3 is 2.53 bits per heavy atom. The summed E-state index contributed by atoms with van der Waals surface area (Å²) in [6.45, 7) is 5.78. The van der Waals surface area contributed by atoms with Gasteiger partial charge in [0.2, 0.25) is 11.8 Å². The zero-order chi connectivity index (χ0) is 14.5.